The molecule has 98 valence electrons. The zero-order valence-corrected chi connectivity index (χ0v) is 13.5. The Morgan fingerprint density at radius 3 is 1.82 bits per heavy atom. The summed E-state index contributed by atoms with van der Waals surface area (Å²) in [7, 11) is 0. The monoisotopic (exact) mass is 252 g/mol. The Morgan fingerprint density at radius 1 is 0.765 bits per heavy atom. The van der Waals surface area contributed by atoms with E-state index in [1.54, 1.807) is 0 Å². The van der Waals surface area contributed by atoms with Crippen LogP contribution < -0.4 is 0 Å². The maximum atomic E-state index is 2.24. The van der Waals surface area contributed by atoms with E-state index in [-0.39, 0.29) is 0 Å². The molecule has 0 radical (unpaired) electrons. The van der Waals surface area contributed by atoms with E-state index in [4.69, 9.17) is 0 Å². The van der Waals surface area contributed by atoms with Gasteiger partial charge in [-0.25, -0.2) is 0 Å². The Bertz CT molecular complexity index is 385. The Kier molecular flexibility index (Phi) is 12.7. The van der Waals surface area contributed by atoms with Crippen molar-refractivity contribution in [3.8, 4) is 0 Å². The van der Waals surface area contributed by atoms with Crippen molar-refractivity contribution >= 4 is 21.4 Å². The molecule has 0 aliphatic carbocycles. The zero-order chi connectivity index (χ0) is 13.8. The average Bonchev–Trinajstić information content (AvgIpc) is 2.76. The van der Waals surface area contributed by atoms with Crippen molar-refractivity contribution in [3.63, 3.8) is 0 Å². The van der Waals surface area contributed by atoms with Crippen LogP contribution in [-0.2, 0) is 0 Å². The molecule has 0 nitrogen and oxygen atoms in total. The summed E-state index contributed by atoms with van der Waals surface area (Å²) in [4.78, 5) is 1.39. The second-order valence-corrected chi connectivity index (χ2v) is 4.19. The number of aryl methyl sites for hydroxylation is 2. The van der Waals surface area contributed by atoms with Crippen LogP contribution >= 0.6 is 11.3 Å². The Balaban J connectivity index is 0. The quantitative estimate of drug-likeness (QED) is 0.495. The van der Waals surface area contributed by atoms with Gasteiger partial charge >= 0.3 is 0 Å². The summed E-state index contributed by atoms with van der Waals surface area (Å²) in [5.41, 5.74) is 1.34. The minimum Gasteiger partial charge on any atom is -0.141 e. The molecule has 0 bridgehead atoms. The van der Waals surface area contributed by atoms with Crippen molar-refractivity contribution in [2.24, 2.45) is 0 Å². The lowest BCUT2D eigenvalue weighted by Gasteiger charge is -1.89. The van der Waals surface area contributed by atoms with Crippen LogP contribution in [0.4, 0.5) is 0 Å². The van der Waals surface area contributed by atoms with Gasteiger partial charge in [0.05, 0.1) is 0 Å². The first kappa shape index (κ1) is 18.5. The highest BCUT2D eigenvalue weighted by Gasteiger charge is 1.96. The van der Waals surface area contributed by atoms with E-state index in [9.17, 15) is 0 Å². The molecule has 0 fully saturated rings. The Morgan fingerprint density at radius 2 is 1.29 bits per heavy atom. The predicted molar refractivity (Wildman–Crippen MR) is 85.3 cm³/mol. The molecular weight excluding hydrogens is 224 g/mol. The van der Waals surface area contributed by atoms with E-state index in [0.29, 0.717) is 0 Å². The SMILES string of the molecule is CC.CC.CC.Cc1ccc2sc(C)cc2c1. The molecular formula is C16H28S. The summed E-state index contributed by atoms with van der Waals surface area (Å²) in [5.74, 6) is 0. The van der Waals surface area contributed by atoms with Gasteiger partial charge in [-0.05, 0) is 31.4 Å². The van der Waals surface area contributed by atoms with Gasteiger partial charge in [0, 0.05) is 9.58 Å². The Hall–Kier alpha value is -0.820. The maximum absolute atomic E-state index is 2.24. The highest BCUT2D eigenvalue weighted by Crippen LogP contribution is 2.25. The summed E-state index contributed by atoms with van der Waals surface area (Å²) in [6.07, 6.45) is 0. The fraction of sp³-hybridized carbons (Fsp3) is 0.500. The lowest BCUT2D eigenvalue weighted by atomic mass is 10.2. The molecule has 2 rings (SSSR count). The third kappa shape index (κ3) is 6.48. The van der Waals surface area contributed by atoms with Crippen LogP contribution in [-0.4, -0.2) is 0 Å². The fourth-order valence-corrected chi connectivity index (χ4v) is 2.20. The summed E-state index contributed by atoms with van der Waals surface area (Å²) in [6, 6.07) is 8.84. The number of hydrogen-bond donors (Lipinski definition) is 0. The first-order chi connectivity index (χ1) is 8.25. The van der Waals surface area contributed by atoms with Gasteiger partial charge in [0.25, 0.3) is 0 Å². The largest absolute Gasteiger partial charge is 0.141 e. The number of hydrogen-bond acceptors (Lipinski definition) is 1. The standard InChI is InChI=1S/C10H10S.3C2H6/c1-7-3-4-10-9(5-7)6-8(2)11-10;3*1-2/h3-6H,1-2H3;3*1-2H3. The van der Waals surface area contributed by atoms with Gasteiger partial charge in [0.2, 0.25) is 0 Å². The lowest BCUT2D eigenvalue weighted by molar-refractivity contribution is 1.50. The molecule has 0 aliphatic rings. The van der Waals surface area contributed by atoms with Gasteiger partial charge in [-0.3, -0.25) is 0 Å². The number of thiophene rings is 1. The van der Waals surface area contributed by atoms with Crippen LogP contribution in [0.2, 0.25) is 0 Å². The highest BCUT2D eigenvalue weighted by molar-refractivity contribution is 7.19. The molecule has 0 atom stereocenters. The molecule has 0 amide bonds. The van der Waals surface area contributed by atoms with E-state index < -0.39 is 0 Å². The molecule has 0 spiro atoms. The van der Waals surface area contributed by atoms with Crippen molar-refractivity contribution < 1.29 is 0 Å². The number of fused-ring (bicyclic) bond motifs is 1. The second-order valence-electron chi connectivity index (χ2n) is 2.90. The van der Waals surface area contributed by atoms with E-state index in [1.807, 2.05) is 52.9 Å². The number of benzene rings is 1. The third-order valence-corrected chi connectivity index (χ3v) is 2.83. The van der Waals surface area contributed by atoms with Crippen molar-refractivity contribution in [1.29, 1.82) is 0 Å². The van der Waals surface area contributed by atoms with Crippen molar-refractivity contribution in [3.05, 3.63) is 34.7 Å². The van der Waals surface area contributed by atoms with Crippen molar-refractivity contribution in [2.75, 3.05) is 0 Å². The maximum Gasteiger partial charge on any atom is 0.0345 e. The van der Waals surface area contributed by atoms with E-state index in [2.05, 4.69) is 38.1 Å². The Labute approximate surface area is 112 Å². The van der Waals surface area contributed by atoms with Crippen LogP contribution in [0, 0.1) is 13.8 Å². The van der Waals surface area contributed by atoms with Crippen LogP contribution in [0.1, 0.15) is 52.0 Å². The van der Waals surface area contributed by atoms with Crippen LogP contribution in [0.25, 0.3) is 10.1 Å². The first-order valence-electron chi connectivity index (χ1n) is 6.72. The molecule has 1 aromatic carbocycles. The van der Waals surface area contributed by atoms with E-state index in [0.717, 1.165) is 0 Å². The highest BCUT2D eigenvalue weighted by atomic mass is 32.1. The summed E-state index contributed by atoms with van der Waals surface area (Å²) < 4.78 is 1.40. The molecule has 0 unspecified atom stereocenters. The van der Waals surface area contributed by atoms with Gasteiger partial charge in [0.1, 0.15) is 0 Å². The van der Waals surface area contributed by atoms with Crippen LogP contribution in [0.3, 0.4) is 0 Å². The molecule has 0 saturated carbocycles. The van der Waals surface area contributed by atoms with Gasteiger partial charge in [-0.1, -0.05) is 59.2 Å². The fourth-order valence-electron chi connectivity index (χ4n) is 1.30. The smallest absolute Gasteiger partial charge is 0.0345 e. The molecule has 1 heteroatoms. The van der Waals surface area contributed by atoms with Gasteiger partial charge in [0.15, 0.2) is 0 Å². The molecule has 17 heavy (non-hydrogen) atoms. The van der Waals surface area contributed by atoms with Crippen molar-refractivity contribution in [2.45, 2.75) is 55.4 Å². The molecule has 1 aromatic heterocycles. The van der Waals surface area contributed by atoms with E-state index in [1.165, 1.54) is 20.5 Å². The number of rotatable bonds is 0. The zero-order valence-electron chi connectivity index (χ0n) is 12.7. The normalized spacial score (nSPS) is 8.00. The van der Waals surface area contributed by atoms with E-state index >= 15 is 0 Å². The minimum absolute atomic E-state index is 1.34. The lowest BCUT2D eigenvalue weighted by Crippen LogP contribution is -1.67. The molecule has 1 heterocycles. The topological polar surface area (TPSA) is 0 Å². The average molecular weight is 252 g/mol. The molecule has 0 saturated heterocycles. The predicted octanol–water partition coefficient (Wildman–Crippen LogP) is 6.60. The summed E-state index contributed by atoms with van der Waals surface area (Å²) in [6.45, 7) is 16.3. The van der Waals surface area contributed by atoms with Crippen molar-refractivity contribution in [1.82, 2.24) is 0 Å². The molecule has 0 aliphatic heterocycles. The van der Waals surface area contributed by atoms with Crippen LogP contribution in [0.15, 0.2) is 24.3 Å². The molecule has 2 aromatic rings. The van der Waals surface area contributed by atoms with Gasteiger partial charge in [-0.15, -0.1) is 11.3 Å². The minimum atomic E-state index is 1.34. The summed E-state index contributed by atoms with van der Waals surface area (Å²) >= 11 is 1.86. The second kappa shape index (κ2) is 11.7. The van der Waals surface area contributed by atoms with Gasteiger partial charge in [-0.2, -0.15) is 0 Å². The molecule has 0 N–H and O–H groups in total. The third-order valence-electron chi connectivity index (χ3n) is 1.80. The van der Waals surface area contributed by atoms with Crippen LogP contribution in [0.5, 0.6) is 0 Å². The summed E-state index contributed by atoms with van der Waals surface area (Å²) in [5, 5.41) is 1.38. The first-order valence-corrected chi connectivity index (χ1v) is 7.54. The van der Waals surface area contributed by atoms with Gasteiger partial charge < -0.3 is 0 Å².